The SMILES string of the molecule is CC(N)c1ccc(OCC(O)CO)cc1F. The summed E-state index contributed by atoms with van der Waals surface area (Å²) in [7, 11) is 0. The van der Waals surface area contributed by atoms with Gasteiger partial charge < -0.3 is 20.7 Å². The van der Waals surface area contributed by atoms with Gasteiger partial charge in [0.2, 0.25) is 0 Å². The molecule has 0 saturated heterocycles. The lowest BCUT2D eigenvalue weighted by molar-refractivity contribution is 0.0535. The molecule has 0 saturated carbocycles. The Morgan fingerprint density at radius 2 is 2.19 bits per heavy atom. The van der Waals surface area contributed by atoms with Crippen LogP contribution in [0.15, 0.2) is 18.2 Å². The zero-order chi connectivity index (χ0) is 12.1. The molecule has 0 bridgehead atoms. The highest BCUT2D eigenvalue weighted by Crippen LogP contribution is 2.20. The Labute approximate surface area is 93.5 Å². The van der Waals surface area contributed by atoms with Gasteiger partial charge >= 0.3 is 0 Å². The molecule has 0 heterocycles. The van der Waals surface area contributed by atoms with E-state index in [0.29, 0.717) is 11.3 Å². The van der Waals surface area contributed by atoms with Gasteiger partial charge in [0.15, 0.2) is 0 Å². The molecule has 16 heavy (non-hydrogen) atoms. The first-order valence-corrected chi connectivity index (χ1v) is 5.01. The summed E-state index contributed by atoms with van der Waals surface area (Å²) in [5, 5.41) is 17.6. The van der Waals surface area contributed by atoms with E-state index in [1.807, 2.05) is 0 Å². The number of hydrogen-bond donors (Lipinski definition) is 3. The van der Waals surface area contributed by atoms with Crippen LogP contribution < -0.4 is 10.5 Å². The minimum Gasteiger partial charge on any atom is -0.491 e. The highest BCUT2D eigenvalue weighted by atomic mass is 19.1. The standard InChI is InChI=1S/C11H16FNO3/c1-7(13)10-3-2-9(4-11(10)12)16-6-8(15)5-14/h2-4,7-8,14-15H,5-6,13H2,1H3. The summed E-state index contributed by atoms with van der Waals surface area (Å²) >= 11 is 0. The number of halogens is 1. The van der Waals surface area contributed by atoms with Crippen molar-refractivity contribution in [3.8, 4) is 5.75 Å². The predicted molar refractivity (Wildman–Crippen MR) is 57.6 cm³/mol. The maximum atomic E-state index is 13.4. The predicted octanol–water partition coefficient (Wildman–Crippen LogP) is 0.577. The Bertz CT molecular complexity index is 344. The number of hydrogen-bond acceptors (Lipinski definition) is 4. The third-order valence-corrected chi connectivity index (χ3v) is 2.12. The molecule has 4 nitrogen and oxygen atoms in total. The Hall–Kier alpha value is -1.17. The molecule has 1 aromatic carbocycles. The molecular formula is C11H16FNO3. The summed E-state index contributed by atoms with van der Waals surface area (Å²) in [5.74, 6) is -0.139. The highest BCUT2D eigenvalue weighted by Gasteiger charge is 2.09. The van der Waals surface area contributed by atoms with Gasteiger partial charge in [-0.3, -0.25) is 0 Å². The van der Waals surface area contributed by atoms with Crippen molar-refractivity contribution in [2.75, 3.05) is 13.2 Å². The number of benzene rings is 1. The number of rotatable bonds is 5. The normalized spacial score (nSPS) is 14.6. The number of aliphatic hydroxyl groups excluding tert-OH is 2. The van der Waals surface area contributed by atoms with Crippen molar-refractivity contribution in [3.05, 3.63) is 29.6 Å². The molecule has 5 heteroatoms. The first-order valence-electron chi connectivity index (χ1n) is 5.01. The summed E-state index contributed by atoms with van der Waals surface area (Å²) in [6, 6.07) is 3.95. The average molecular weight is 229 g/mol. The number of aliphatic hydroxyl groups is 2. The van der Waals surface area contributed by atoms with E-state index in [0.717, 1.165) is 0 Å². The van der Waals surface area contributed by atoms with Crippen molar-refractivity contribution >= 4 is 0 Å². The Balaban J connectivity index is 2.66. The zero-order valence-corrected chi connectivity index (χ0v) is 9.06. The summed E-state index contributed by atoms with van der Waals surface area (Å²) in [6.45, 7) is 1.22. The fourth-order valence-electron chi connectivity index (χ4n) is 1.21. The van der Waals surface area contributed by atoms with Crippen LogP contribution in [-0.2, 0) is 0 Å². The fourth-order valence-corrected chi connectivity index (χ4v) is 1.21. The molecule has 0 aliphatic heterocycles. The maximum absolute atomic E-state index is 13.4. The second kappa shape index (κ2) is 5.79. The lowest BCUT2D eigenvalue weighted by atomic mass is 10.1. The van der Waals surface area contributed by atoms with Crippen molar-refractivity contribution in [2.24, 2.45) is 5.73 Å². The van der Waals surface area contributed by atoms with E-state index in [9.17, 15) is 4.39 Å². The quantitative estimate of drug-likeness (QED) is 0.690. The molecule has 0 aliphatic carbocycles. The lowest BCUT2D eigenvalue weighted by Crippen LogP contribution is -2.21. The van der Waals surface area contributed by atoms with Gasteiger partial charge in [-0.25, -0.2) is 4.39 Å². The van der Waals surface area contributed by atoms with Crippen LogP contribution in [0.25, 0.3) is 0 Å². The van der Waals surface area contributed by atoms with Crippen LogP contribution in [0.3, 0.4) is 0 Å². The third-order valence-electron chi connectivity index (χ3n) is 2.12. The monoisotopic (exact) mass is 229 g/mol. The van der Waals surface area contributed by atoms with Gasteiger partial charge in [-0.1, -0.05) is 6.07 Å². The van der Waals surface area contributed by atoms with Crippen LogP contribution >= 0.6 is 0 Å². The second-order valence-corrected chi connectivity index (χ2v) is 3.62. The topological polar surface area (TPSA) is 75.7 Å². The lowest BCUT2D eigenvalue weighted by Gasteiger charge is -2.12. The minimum atomic E-state index is -0.962. The second-order valence-electron chi connectivity index (χ2n) is 3.62. The van der Waals surface area contributed by atoms with Gasteiger partial charge in [0.25, 0.3) is 0 Å². The van der Waals surface area contributed by atoms with Crippen LogP contribution in [0.2, 0.25) is 0 Å². The van der Waals surface area contributed by atoms with Gasteiger partial charge in [0.1, 0.15) is 24.3 Å². The fraction of sp³-hybridized carbons (Fsp3) is 0.455. The minimum absolute atomic E-state index is 0.0759. The molecule has 1 rings (SSSR count). The molecule has 0 aromatic heterocycles. The Morgan fingerprint density at radius 3 is 2.69 bits per heavy atom. The highest BCUT2D eigenvalue weighted by molar-refractivity contribution is 5.30. The summed E-state index contributed by atoms with van der Waals surface area (Å²) in [6.07, 6.45) is -0.962. The van der Waals surface area contributed by atoms with Gasteiger partial charge in [0.05, 0.1) is 6.61 Å². The molecule has 1 aromatic rings. The molecule has 90 valence electrons. The number of ether oxygens (including phenoxy) is 1. The Kier molecular flexibility index (Phi) is 4.67. The van der Waals surface area contributed by atoms with Crippen LogP contribution in [-0.4, -0.2) is 29.5 Å². The molecule has 2 unspecified atom stereocenters. The van der Waals surface area contributed by atoms with Crippen LogP contribution in [0.1, 0.15) is 18.5 Å². The average Bonchev–Trinajstić information content (AvgIpc) is 2.25. The van der Waals surface area contributed by atoms with Gasteiger partial charge in [-0.15, -0.1) is 0 Å². The van der Waals surface area contributed by atoms with Gasteiger partial charge in [-0.2, -0.15) is 0 Å². The van der Waals surface area contributed by atoms with Crippen molar-refractivity contribution in [1.29, 1.82) is 0 Å². The molecule has 0 radical (unpaired) electrons. The molecule has 0 aliphatic rings. The smallest absolute Gasteiger partial charge is 0.131 e. The zero-order valence-electron chi connectivity index (χ0n) is 9.06. The molecule has 4 N–H and O–H groups in total. The van der Waals surface area contributed by atoms with E-state index in [2.05, 4.69) is 0 Å². The third kappa shape index (κ3) is 3.44. The molecule has 2 atom stereocenters. The van der Waals surface area contributed by atoms with Crippen molar-refractivity contribution in [3.63, 3.8) is 0 Å². The van der Waals surface area contributed by atoms with E-state index >= 15 is 0 Å². The first kappa shape index (κ1) is 12.9. The first-order chi connectivity index (χ1) is 7.54. The van der Waals surface area contributed by atoms with Crippen molar-refractivity contribution in [2.45, 2.75) is 19.1 Å². The summed E-state index contributed by atoms with van der Waals surface area (Å²) in [4.78, 5) is 0. The van der Waals surface area contributed by atoms with E-state index in [4.69, 9.17) is 20.7 Å². The van der Waals surface area contributed by atoms with E-state index in [-0.39, 0.29) is 19.3 Å². The molecule has 0 spiro atoms. The van der Waals surface area contributed by atoms with E-state index in [1.54, 1.807) is 19.1 Å². The number of nitrogens with two attached hydrogens (primary N) is 1. The van der Waals surface area contributed by atoms with Crippen LogP contribution in [0, 0.1) is 5.82 Å². The largest absolute Gasteiger partial charge is 0.491 e. The molecule has 0 amide bonds. The van der Waals surface area contributed by atoms with Crippen LogP contribution in [0.5, 0.6) is 5.75 Å². The van der Waals surface area contributed by atoms with Crippen molar-refractivity contribution < 1.29 is 19.3 Å². The Morgan fingerprint density at radius 1 is 1.50 bits per heavy atom. The maximum Gasteiger partial charge on any atom is 0.131 e. The van der Waals surface area contributed by atoms with Crippen LogP contribution in [0.4, 0.5) is 4.39 Å². The molecule has 0 fully saturated rings. The summed E-state index contributed by atoms with van der Waals surface area (Å²) < 4.78 is 18.5. The van der Waals surface area contributed by atoms with E-state index in [1.165, 1.54) is 6.07 Å². The van der Waals surface area contributed by atoms with Gasteiger partial charge in [0, 0.05) is 17.7 Å². The summed E-state index contributed by atoms with van der Waals surface area (Å²) in [5.41, 5.74) is 5.97. The van der Waals surface area contributed by atoms with Gasteiger partial charge in [-0.05, 0) is 13.0 Å². The molecular weight excluding hydrogens is 213 g/mol. The van der Waals surface area contributed by atoms with E-state index < -0.39 is 11.9 Å². The van der Waals surface area contributed by atoms with Crippen molar-refractivity contribution in [1.82, 2.24) is 0 Å².